The molecule has 0 aromatic carbocycles. The minimum absolute atomic E-state index is 0.0124. The SMILES string of the molecule is NCCCCCCO[C@@H]1[C@H](OP(=O)(O)O)[C@@H](CO)O[C@H]1n1ccc(N)nc1=O. The number of ether oxygens (including phenoxy) is 2. The molecule has 0 bridgehead atoms. The van der Waals surface area contributed by atoms with E-state index in [4.69, 9.17) is 25.5 Å². The largest absolute Gasteiger partial charge is 0.470 e. The second-order valence-corrected chi connectivity index (χ2v) is 7.58. The second kappa shape index (κ2) is 10.4. The topological polar surface area (TPSA) is 192 Å². The van der Waals surface area contributed by atoms with E-state index < -0.39 is 44.7 Å². The molecule has 1 aliphatic heterocycles. The number of nitrogen functional groups attached to an aromatic ring is 1. The van der Waals surface area contributed by atoms with Crippen LogP contribution in [0.25, 0.3) is 0 Å². The van der Waals surface area contributed by atoms with Crippen LogP contribution in [0.4, 0.5) is 5.82 Å². The number of hydrogen-bond acceptors (Lipinski definition) is 9. The smallest absolute Gasteiger partial charge is 0.394 e. The lowest BCUT2D eigenvalue weighted by Gasteiger charge is -2.25. The fourth-order valence-electron chi connectivity index (χ4n) is 2.98. The van der Waals surface area contributed by atoms with E-state index in [1.54, 1.807) is 0 Å². The molecule has 0 amide bonds. The van der Waals surface area contributed by atoms with Crippen molar-refractivity contribution < 1.29 is 33.5 Å². The molecule has 28 heavy (non-hydrogen) atoms. The van der Waals surface area contributed by atoms with Crippen LogP contribution in [0.1, 0.15) is 31.9 Å². The molecule has 0 radical (unpaired) electrons. The fraction of sp³-hybridized carbons (Fsp3) is 0.733. The van der Waals surface area contributed by atoms with Crippen molar-refractivity contribution in [2.24, 2.45) is 5.73 Å². The molecule has 2 heterocycles. The van der Waals surface area contributed by atoms with Crippen LogP contribution in [0.5, 0.6) is 0 Å². The van der Waals surface area contributed by atoms with E-state index in [-0.39, 0.29) is 12.4 Å². The fourth-order valence-corrected chi connectivity index (χ4v) is 3.55. The summed E-state index contributed by atoms with van der Waals surface area (Å²) in [5.41, 5.74) is 10.2. The normalized spacial score (nSPS) is 25.3. The van der Waals surface area contributed by atoms with E-state index in [1.807, 2.05) is 0 Å². The monoisotopic (exact) mass is 422 g/mol. The van der Waals surface area contributed by atoms with E-state index in [1.165, 1.54) is 12.3 Å². The highest BCUT2D eigenvalue weighted by Crippen LogP contribution is 2.44. The predicted octanol–water partition coefficient (Wildman–Crippen LogP) is -0.903. The van der Waals surface area contributed by atoms with Gasteiger partial charge in [-0.05, 0) is 25.5 Å². The summed E-state index contributed by atoms with van der Waals surface area (Å²) >= 11 is 0. The summed E-state index contributed by atoms with van der Waals surface area (Å²) in [4.78, 5) is 34.2. The first-order valence-corrected chi connectivity index (χ1v) is 10.5. The zero-order chi connectivity index (χ0) is 20.7. The third kappa shape index (κ3) is 6.33. The summed E-state index contributed by atoms with van der Waals surface area (Å²) in [7, 11) is -4.90. The first-order valence-electron chi connectivity index (χ1n) is 8.93. The molecule has 1 saturated heterocycles. The van der Waals surface area contributed by atoms with Gasteiger partial charge in [0.2, 0.25) is 0 Å². The average Bonchev–Trinajstić information content (AvgIpc) is 2.93. The summed E-state index contributed by atoms with van der Waals surface area (Å²) in [5, 5.41) is 9.55. The number of nitrogens with two attached hydrogens (primary N) is 2. The molecule has 4 atom stereocenters. The quantitative estimate of drug-likeness (QED) is 0.219. The molecule has 0 unspecified atom stereocenters. The molecular weight excluding hydrogens is 395 g/mol. The van der Waals surface area contributed by atoms with Crippen molar-refractivity contribution in [2.45, 2.75) is 50.2 Å². The van der Waals surface area contributed by atoms with Gasteiger partial charge in [-0.3, -0.25) is 9.09 Å². The van der Waals surface area contributed by atoms with E-state index in [2.05, 4.69) is 4.98 Å². The summed E-state index contributed by atoms with van der Waals surface area (Å²) in [6.07, 6.45) is 0.123. The minimum Gasteiger partial charge on any atom is -0.394 e. The average molecular weight is 422 g/mol. The van der Waals surface area contributed by atoms with Gasteiger partial charge in [-0.15, -0.1) is 0 Å². The standard InChI is InChI=1S/C15H27N4O8P/c16-6-3-1-2-4-8-25-13-12(27-28(22,23)24)10(9-20)26-14(13)19-7-5-11(17)18-15(19)21/h5,7,10,12-14,20H,1-4,6,8-9,16H2,(H2,17,18,21)(H2,22,23,24)/t10-,12-,13-,14-/m1/s1. The summed E-state index contributed by atoms with van der Waals surface area (Å²) in [6.45, 7) is 0.253. The molecule has 13 heteroatoms. The van der Waals surface area contributed by atoms with Crippen LogP contribution < -0.4 is 17.2 Å². The Labute approximate surface area is 161 Å². The number of rotatable bonds is 11. The zero-order valence-corrected chi connectivity index (χ0v) is 16.2. The van der Waals surface area contributed by atoms with Crippen molar-refractivity contribution in [3.05, 3.63) is 22.7 Å². The Balaban J connectivity index is 2.20. The van der Waals surface area contributed by atoms with Gasteiger partial charge in [0.25, 0.3) is 0 Å². The first-order chi connectivity index (χ1) is 13.3. The van der Waals surface area contributed by atoms with Crippen LogP contribution in [0.2, 0.25) is 0 Å². The molecule has 0 saturated carbocycles. The second-order valence-electron chi connectivity index (χ2n) is 6.39. The predicted molar refractivity (Wildman–Crippen MR) is 98.1 cm³/mol. The van der Waals surface area contributed by atoms with Gasteiger partial charge in [0.1, 0.15) is 24.1 Å². The zero-order valence-electron chi connectivity index (χ0n) is 15.3. The number of aromatic nitrogens is 2. The number of hydrogen-bond donors (Lipinski definition) is 5. The van der Waals surface area contributed by atoms with Gasteiger partial charge >= 0.3 is 13.5 Å². The molecule has 1 fully saturated rings. The highest BCUT2D eigenvalue weighted by atomic mass is 31.2. The Morgan fingerprint density at radius 2 is 1.96 bits per heavy atom. The van der Waals surface area contributed by atoms with Crippen molar-refractivity contribution >= 4 is 13.6 Å². The molecule has 0 spiro atoms. The van der Waals surface area contributed by atoms with Crippen LogP contribution in [-0.2, 0) is 18.6 Å². The number of unbranched alkanes of at least 4 members (excludes halogenated alkanes) is 3. The summed E-state index contributed by atoms with van der Waals surface area (Å²) in [6, 6.07) is 1.37. The van der Waals surface area contributed by atoms with Crippen molar-refractivity contribution in [1.82, 2.24) is 9.55 Å². The van der Waals surface area contributed by atoms with Gasteiger partial charge in [0.05, 0.1) is 6.61 Å². The Morgan fingerprint density at radius 1 is 1.25 bits per heavy atom. The lowest BCUT2D eigenvalue weighted by atomic mass is 10.1. The minimum atomic E-state index is -4.90. The Hall–Kier alpha value is -1.37. The maximum absolute atomic E-state index is 12.2. The number of aliphatic hydroxyl groups excluding tert-OH is 1. The van der Waals surface area contributed by atoms with Crippen LogP contribution in [0.3, 0.4) is 0 Å². The van der Waals surface area contributed by atoms with Gasteiger partial charge in [0, 0.05) is 12.8 Å². The van der Waals surface area contributed by atoms with E-state index in [0.717, 1.165) is 23.8 Å². The number of anilines is 1. The summed E-state index contributed by atoms with van der Waals surface area (Å²) < 4.78 is 28.6. The van der Waals surface area contributed by atoms with E-state index in [0.29, 0.717) is 13.0 Å². The van der Waals surface area contributed by atoms with Crippen molar-refractivity contribution in [3.63, 3.8) is 0 Å². The van der Waals surface area contributed by atoms with Gasteiger partial charge in [-0.25, -0.2) is 9.36 Å². The number of phosphoric ester groups is 1. The third-order valence-electron chi connectivity index (χ3n) is 4.26. The maximum atomic E-state index is 12.2. The van der Waals surface area contributed by atoms with Crippen molar-refractivity contribution in [3.8, 4) is 0 Å². The van der Waals surface area contributed by atoms with Crippen LogP contribution in [-0.4, -0.2) is 62.5 Å². The molecule has 12 nitrogen and oxygen atoms in total. The number of aliphatic hydroxyl groups is 1. The molecule has 7 N–H and O–H groups in total. The van der Waals surface area contributed by atoms with Gasteiger partial charge in [-0.2, -0.15) is 4.98 Å². The molecule has 160 valence electrons. The van der Waals surface area contributed by atoms with Gasteiger partial charge in [0.15, 0.2) is 6.23 Å². The Morgan fingerprint density at radius 3 is 2.57 bits per heavy atom. The number of phosphoric acid groups is 1. The van der Waals surface area contributed by atoms with Gasteiger partial charge in [-0.1, -0.05) is 12.8 Å². The lowest BCUT2D eigenvalue weighted by Crippen LogP contribution is -2.39. The lowest BCUT2D eigenvalue weighted by molar-refractivity contribution is -0.0747. The number of nitrogens with zero attached hydrogens (tertiary/aromatic N) is 2. The first kappa shape index (κ1) is 22.9. The molecule has 0 aliphatic carbocycles. The van der Waals surface area contributed by atoms with Crippen molar-refractivity contribution in [1.29, 1.82) is 0 Å². The van der Waals surface area contributed by atoms with E-state index >= 15 is 0 Å². The Bertz CT molecular complexity index is 726. The Kier molecular flexibility index (Phi) is 8.53. The molecular formula is C15H27N4O8P. The van der Waals surface area contributed by atoms with Crippen LogP contribution in [0, 0.1) is 0 Å². The molecule has 1 aromatic heterocycles. The van der Waals surface area contributed by atoms with Crippen molar-refractivity contribution in [2.75, 3.05) is 25.5 Å². The van der Waals surface area contributed by atoms with Crippen LogP contribution >= 0.6 is 7.82 Å². The highest BCUT2D eigenvalue weighted by molar-refractivity contribution is 7.46. The van der Waals surface area contributed by atoms with Gasteiger partial charge < -0.3 is 35.8 Å². The molecule has 1 aliphatic rings. The summed E-state index contributed by atoms with van der Waals surface area (Å²) in [5.74, 6) is 0.0124. The highest BCUT2D eigenvalue weighted by Gasteiger charge is 2.49. The maximum Gasteiger partial charge on any atom is 0.470 e. The van der Waals surface area contributed by atoms with E-state index in [9.17, 15) is 24.3 Å². The third-order valence-corrected chi connectivity index (χ3v) is 4.78. The molecule has 1 aromatic rings. The molecule has 2 rings (SSSR count). The van der Waals surface area contributed by atoms with Crippen LogP contribution in [0.15, 0.2) is 17.1 Å².